The van der Waals surface area contributed by atoms with Crippen molar-refractivity contribution in [1.82, 2.24) is 4.98 Å². The molecule has 36 heavy (non-hydrogen) atoms. The third-order valence-electron chi connectivity index (χ3n) is 5.25. The van der Waals surface area contributed by atoms with Gasteiger partial charge in [0, 0.05) is 0 Å². The van der Waals surface area contributed by atoms with Gasteiger partial charge >= 0.3 is 5.97 Å². The molecule has 1 atom stereocenters. The number of aryl methyl sites for hydroxylation is 1. The minimum Gasteiger partial charge on any atom is -0.503 e. The first kappa shape index (κ1) is 24.7. The van der Waals surface area contributed by atoms with Gasteiger partial charge in [-0.3, -0.25) is 14.5 Å². The summed E-state index contributed by atoms with van der Waals surface area (Å²) in [6, 6.07) is 8.67. The molecule has 10 heteroatoms. The minimum atomic E-state index is -1.06. The van der Waals surface area contributed by atoms with E-state index in [1.54, 1.807) is 37.3 Å². The Morgan fingerprint density at radius 3 is 2.69 bits per heavy atom. The SMILES string of the molecule is C=CCOC(=O)c1sc(N2C(=O)C(O)=C(C(=O)c3ccco3)C2c2cccc(OCC=C)c2)nc1C. The van der Waals surface area contributed by atoms with Gasteiger partial charge in [-0.25, -0.2) is 9.78 Å². The number of rotatable bonds is 10. The molecule has 1 amide bonds. The van der Waals surface area contributed by atoms with E-state index in [0.717, 1.165) is 11.3 Å². The van der Waals surface area contributed by atoms with Crippen LogP contribution < -0.4 is 9.64 Å². The summed E-state index contributed by atoms with van der Waals surface area (Å²) in [5.74, 6) is -2.42. The third-order valence-corrected chi connectivity index (χ3v) is 6.39. The lowest BCUT2D eigenvalue weighted by Crippen LogP contribution is -2.31. The molecule has 1 aliphatic heterocycles. The van der Waals surface area contributed by atoms with Crippen LogP contribution >= 0.6 is 11.3 Å². The van der Waals surface area contributed by atoms with Crippen LogP contribution in [-0.2, 0) is 9.53 Å². The number of benzene rings is 1. The van der Waals surface area contributed by atoms with Crippen LogP contribution in [0.25, 0.3) is 0 Å². The third kappa shape index (κ3) is 4.58. The van der Waals surface area contributed by atoms with Crippen molar-refractivity contribution >= 4 is 34.1 Å². The van der Waals surface area contributed by atoms with Crippen LogP contribution in [0.3, 0.4) is 0 Å². The Hall–Kier alpha value is -4.44. The molecule has 1 N–H and O–H groups in total. The van der Waals surface area contributed by atoms with Crippen LogP contribution in [0, 0.1) is 6.92 Å². The predicted octanol–water partition coefficient (Wildman–Crippen LogP) is 4.74. The average molecular weight is 507 g/mol. The number of nitrogens with zero attached hydrogens (tertiary/aromatic N) is 2. The summed E-state index contributed by atoms with van der Waals surface area (Å²) in [6.45, 7) is 9.01. The van der Waals surface area contributed by atoms with Gasteiger partial charge in [0.25, 0.3) is 5.91 Å². The number of ether oxygens (including phenoxy) is 2. The summed E-state index contributed by atoms with van der Waals surface area (Å²) in [4.78, 5) is 44.9. The number of carbonyl (C=O) groups is 3. The molecule has 0 saturated heterocycles. The van der Waals surface area contributed by atoms with Gasteiger partial charge in [-0.15, -0.1) is 0 Å². The summed E-state index contributed by atoms with van der Waals surface area (Å²) in [6.07, 6.45) is 4.34. The van der Waals surface area contributed by atoms with E-state index >= 15 is 0 Å². The molecule has 1 unspecified atom stereocenters. The lowest BCUT2D eigenvalue weighted by Gasteiger charge is -2.24. The van der Waals surface area contributed by atoms with Gasteiger partial charge in [0.15, 0.2) is 16.7 Å². The van der Waals surface area contributed by atoms with Crippen LogP contribution in [0.1, 0.15) is 37.5 Å². The van der Waals surface area contributed by atoms with Crippen molar-refractivity contribution in [2.24, 2.45) is 0 Å². The highest BCUT2D eigenvalue weighted by molar-refractivity contribution is 7.17. The first-order chi connectivity index (χ1) is 17.4. The number of esters is 1. The molecule has 0 saturated carbocycles. The van der Waals surface area contributed by atoms with Crippen molar-refractivity contribution < 1.29 is 33.4 Å². The molecule has 0 bridgehead atoms. The minimum absolute atomic E-state index is 0.0123. The fourth-order valence-corrected chi connectivity index (χ4v) is 4.68. The number of amides is 1. The monoisotopic (exact) mass is 506 g/mol. The molecule has 184 valence electrons. The highest BCUT2D eigenvalue weighted by atomic mass is 32.1. The van der Waals surface area contributed by atoms with Gasteiger partial charge in [-0.2, -0.15) is 0 Å². The zero-order valence-corrected chi connectivity index (χ0v) is 20.1. The zero-order chi connectivity index (χ0) is 25.8. The Labute approximate surface area is 210 Å². The molecule has 9 nitrogen and oxygen atoms in total. The van der Waals surface area contributed by atoms with E-state index in [1.807, 2.05) is 0 Å². The van der Waals surface area contributed by atoms with E-state index in [1.165, 1.54) is 29.4 Å². The normalized spacial score (nSPS) is 15.2. The molecule has 2 aromatic heterocycles. The maximum atomic E-state index is 13.3. The van der Waals surface area contributed by atoms with Crippen molar-refractivity contribution in [1.29, 1.82) is 0 Å². The number of furan rings is 1. The van der Waals surface area contributed by atoms with Gasteiger partial charge in [0.05, 0.1) is 23.6 Å². The van der Waals surface area contributed by atoms with E-state index in [9.17, 15) is 19.5 Å². The van der Waals surface area contributed by atoms with E-state index in [4.69, 9.17) is 13.9 Å². The topological polar surface area (TPSA) is 119 Å². The number of thiazole rings is 1. The molecule has 0 spiro atoms. The molecule has 0 aliphatic carbocycles. The second-order valence-corrected chi connectivity index (χ2v) is 8.59. The van der Waals surface area contributed by atoms with Crippen LogP contribution in [0.15, 0.2) is 83.7 Å². The van der Waals surface area contributed by atoms with E-state index in [2.05, 4.69) is 18.1 Å². The van der Waals surface area contributed by atoms with E-state index in [-0.39, 0.29) is 34.6 Å². The van der Waals surface area contributed by atoms with E-state index < -0.39 is 29.5 Å². The Balaban J connectivity index is 1.82. The molecule has 0 fully saturated rings. The van der Waals surface area contributed by atoms with Crippen molar-refractivity contribution in [3.63, 3.8) is 0 Å². The number of Topliss-reactive ketones (excluding diaryl/α,β-unsaturated/α-hetero) is 1. The Morgan fingerprint density at radius 2 is 2.00 bits per heavy atom. The van der Waals surface area contributed by atoms with Gasteiger partial charge in [-0.1, -0.05) is 48.8 Å². The van der Waals surface area contributed by atoms with Crippen molar-refractivity contribution in [3.8, 4) is 5.75 Å². The Morgan fingerprint density at radius 1 is 1.22 bits per heavy atom. The number of aliphatic hydroxyl groups is 1. The van der Waals surface area contributed by atoms with Gasteiger partial charge in [0.2, 0.25) is 5.78 Å². The summed E-state index contributed by atoms with van der Waals surface area (Å²) < 4.78 is 16.0. The van der Waals surface area contributed by atoms with Crippen LogP contribution in [0.2, 0.25) is 0 Å². The van der Waals surface area contributed by atoms with Crippen molar-refractivity contribution in [2.75, 3.05) is 18.1 Å². The summed E-state index contributed by atoms with van der Waals surface area (Å²) in [7, 11) is 0. The largest absolute Gasteiger partial charge is 0.503 e. The quantitative estimate of drug-likeness (QED) is 0.238. The number of anilines is 1. The molecule has 1 aliphatic rings. The molecule has 1 aromatic carbocycles. The predicted molar refractivity (Wildman–Crippen MR) is 132 cm³/mol. The second-order valence-electron chi connectivity index (χ2n) is 7.62. The Kier molecular flexibility index (Phi) is 7.16. The number of carbonyl (C=O) groups excluding carboxylic acids is 3. The average Bonchev–Trinajstić information content (AvgIpc) is 3.60. The van der Waals surface area contributed by atoms with Crippen LogP contribution in [0.5, 0.6) is 5.75 Å². The first-order valence-corrected chi connectivity index (χ1v) is 11.6. The fourth-order valence-electron chi connectivity index (χ4n) is 3.69. The smallest absolute Gasteiger partial charge is 0.350 e. The van der Waals surface area contributed by atoms with Crippen molar-refractivity contribution in [2.45, 2.75) is 13.0 Å². The standard InChI is InChI=1S/C26H22N2O7S/c1-4-11-33-17-9-6-8-16(14-17)20-19(21(29)18-10-7-13-34-18)22(30)24(31)28(20)26-27-15(3)23(36-26)25(32)35-12-5-2/h4-10,13-14,20,30H,1-2,11-12H2,3H3. The van der Waals surface area contributed by atoms with Gasteiger partial charge < -0.3 is 19.0 Å². The van der Waals surface area contributed by atoms with E-state index in [0.29, 0.717) is 17.0 Å². The number of hydrogen-bond donors (Lipinski definition) is 1. The Bertz CT molecular complexity index is 1370. The lowest BCUT2D eigenvalue weighted by molar-refractivity contribution is -0.117. The zero-order valence-electron chi connectivity index (χ0n) is 19.3. The van der Waals surface area contributed by atoms with Gasteiger partial charge in [-0.05, 0) is 36.8 Å². The molecular formula is C26H22N2O7S. The number of ketones is 1. The summed E-state index contributed by atoms with van der Waals surface area (Å²) in [5, 5.41) is 11.0. The lowest BCUT2D eigenvalue weighted by atomic mass is 9.95. The first-order valence-electron chi connectivity index (χ1n) is 10.8. The molecule has 3 heterocycles. The summed E-state index contributed by atoms with van der Waals surface area (Å²) in [5.41, 5.74) is 0.635. The molecule has 4 rings (SSSR count). The maximum absolute atomic E-state index is 13.3. The van der Waals surface area contributed by atoms with Crippen molar-refractivity contribution in [3.05, 3.63) is 101 Å². The molecular weight excluding hydrogens is 484 g/mol. The second kappa shape index (κ2) is 10.4. The highest BCUT2D eigenvalue weighted by Crippen LogP contribution is 2.44. The number of aliphatic hydroxyl groups excluding tert-OH is 1. The molecule has 0 radical (unpaired) electrons. The summed E-state index contributed by atoms with van der Waals surface area (Å²) >= 11 is 0.917. The highest BCUT2D eigenvalue weighted by Gasteiger charge is 2.47. The fraction of sp³-hybridized carbons (Fsp3) is 0.154. The van der Waals surface area contributed by atoms with Crippen LogP contribution in [0.4, 0.5) is 5.13 Å². The van der Waals surface area contributed by atoms with Gasteiger partial charge in [0.1, 0.15) is 23.8 Å². The maximum Gasteiger partial charge on any atom is 0.350 e. The van der Waals surface area contributed by atoms with Crippen LogP contribution in [-0.4, -0.2) is 41.0 Å². The molecule has 3 aromatic rings. The number of hydrogen-bond acceptors (Lipinski definition) is 9. The number of aromatic nitrogens is 1.